The van der Waals surface area contributed by atoms with E-state index in [-0.39, 0.29) is 4.90 Å². The summed E-state index contributed by atoms with van der Waals surface area (Å²) in [5.41, 5.74) is 0.0394. The lowest BCUT2D eigenvalue weighted by atomic mass is 10.0. The highest BCUT2D eigenvalue weighted by Gasteiger charge is 2.22. The van der Waals surface area contributed by atoms with Crippen molar-refractivity contribution in [2.45, 2.75) is 31.2 Å². The molecule has 0 saturated heterocycles. The molecule has 2 aromatic rings. The van der Waals surface area contributed by atoms with Crippen LogP contribution in [0, 0.1) is 5.82 Å². The zero-order valence-corrected chi connectivity index (χ0v) is 14.3. The van der Waals surface area contributed by atoms with Crippen LogP contribution in [0.1, 0.15) is 31.1 Å². The van der Waals surface area contributed by atoms with E-state index in [0.29, 0.717) is 11.1 Å². The highest BCUT2D eigenvalue weighted by Crippen LogP contribution is 2.24. The number of carboxylic acid groups (broad SMARTS) is 1. The normalized spacial score (nSPS) is 12.2. The number of halogens is 1. The fraction of sp³-hybridized carbons (Fsp3) is 0.235. The average Bonchev–Trinajstić information content (AvgIpc) is 2.45. The van der Waals surface area contributed by atoms with E-state index in [1.165, 1.54) is 24.3 Å². The topological polar surface area (TPSA) is 83.5 Å². The minimum Gasteiger partial charge on any atom is -0.478 e. The first-order chi connectivity index (χ1) is 11.0. The van der Waals surface area contributed by atoms with Crippen molar-refractivity contribution in [3.63, 3.8) is 0 Å². The van der Waals surface area contributed by atoms with E-state index in [4.69, 9.17) is 5.11 Å². The third-order valence-electron chi connectivity index (χ3n) is 3.14. The molecule has 0 spiro atoms. The van der Waals surface area contributed by atoms with Crippen molar-refractivity contribution in [2.75, 3.05) is 0 Å². The molecule has 7 heteroatoms. The maximum absolute atomic E-state index is 13.4. The lowest BCUT2D eigenvalue weighted by molar-refractivity contribution is 0.0692. The summed E-state index contributed by atoms with van der Waals surface area (Å²) in [6.45, 7) is 5.22. The monoisotopic (exact) mass is 351 g/mol. The van der Waals surface area contributed by atoms with Crippen molar-refractivity contribution in [3.05, 3.63) is 53.8 Å². The van der Waals surface area contributed by atoms with Gasteiger partial charge in [0.15, 0.2) is 0 Å². The van der Waals surface area contributed by atoms with Gasteiger partial charge in [0.2, 0.25) is 10.0 Å². The molecule has 0 radical (unpaired) electrons. The number of rotatable bonds is 4. The zero-order chi connectivity index (χ0) is 18.1. The maximum Gasteiger partial charge on any atom is 0.338 e. The number of carboxylic acids is 1. The van der Waals surface area contributed by atoms with E-state index in [1.54, 1.807) is 32.9 Å². The first kappa shape index (κ1) is 18.1. The second-order valence-electron chi connectivity index (χ2n) is 6.38. The van der Waals surface area contributed by atoms with Crippen LogP contribution in [0.25, 0.3) is 11.1 Å². The molecular formula is C17H18FNO4S. The van der Waals surface area contributed by atoms with E-state index in [9.17, 15) is 17.6 Å². The summed E-state index contributed by atoms with van der Waals surface area (Å²) in [6, 6.07) is 9.68. The summed E-state index contributed by atoms with van der Waals surface area (Å²) in [6.07, 6.45) is 0. The Balaban J connectivity index is 2.37. The van der Waals surface area contributed by atoms with Crippen LogP contribution in [0.15, 0.2) is 47.4 Å². The molecule has 2 rings (SSSR count). The molecule has 0 fully saturated rings. The highest BCUT2D eigenvalue weighted by atomic mass is 32.2. The minimum absolute atomic E-state index is 0.0988. The molecule has 2 aromatic carbocycles. The predicted molar refractivity (Wildman–Crippen MR) is 88.9 cm³/mol. The van der Waals surface area contributed by atoms with Crippen LogP contribution in [-0.2, 0) is 10.0 Å². The van der Waals surface area contributed by atoms with Gasteiger partial charge in [0, 0.05) is 5.54 Å². The fourth-order valence-electron chi connectivity index (χ4n) is 2.16. The third kappa shape index (κ3) is 4.18. The van der Waals surface area contributed by atoms with Crippen LogP contribution in [0.2, 0.25) is 0 Å². The Kier molecular flexibility index (Phi) is 4.77. The summed E-state index contributed by atoms with van der Waals surface area (Å²) in [7, 11) is -3.65. The van der Waals surface area contributed by atoms with Crippen LogP contribution in [0.5, 0.6) is 0 Å². The molecule has 0 bridgehead atoms. The molecule has 0 unspecified atom stereocenters. The van der Waals surface area contributed by atoms with Gasteiger partial charge in [-0.2, -0.15) is 0 Å². The van der Waals surface area contributed by atoms with Gasteiger partial charge in [0.05, 0.1) is 10.5 Å². The Morgan fingerprint density at radius 1 is 1.04 bits per heavy atom. The van der Waals surface area contributed by atoms with E-state index in [1.807, 2.05) is 0 Å². The van der Waals surface area contributed by atoms with Crippen molar-refractivity contribution >= 4 is 16.0 Å². The Morgan fingerprint density at radius 3 is 2.08 bits per heavy atom. The van der Waals surface area contributed by atoms with Gasteiger partial charge < -0.3 is 5.11 Å². The van der Waals surface area contributed by atoms with E-state index in [0.717, 1.165) is 6.07 Å². The third-order valence-corrected chi connectivity index (χ3v) is 4.91. The van der Waals surface area contributed by atoms with Crippen LogP contribution < -0.4 is 4.72 Å². The molecular weight excluding hydrogens is 333 g/mol. The predicted octanol–water partition coefficient (Wildman–Crippen LogP) is 3.27. The molecule has 0 aromatic heterocycles. The average molecular weight is 351 g/mol. The van der Waals surface area contributed by atoms with E-state index in [2.05, 4.69) is 4.72 Å². The van der Waals surface area contributed by atoms with Crippen LogP contribution in [0.4, 0.5) is 4.39 Å². The van der Waals surface area contributed by atoms with Gasteiger partial charge in [-0.25, -0.2) is 22.3 Å². The molecule has 24 heavy (non-hydrogen) atoms. The van der Waals surface area contributed by atoms with E-state index >= 15 is 0 Å². The number of hydrogen-bond acceptors (Lipinski definition) is 3. The molecule has 5 nitrogen and oxygen atoms in total. The summed E-state index contributed by atoms with van der Waals surface area (Å²) in [4.78, 5) is 11.1. The number of carbonyl (C=O) groups is 1. The summed E-state index contributed by atoms with van der Waals surface area (Å²) < 4.78 is 40.5. The van der Waals surface area contributed by atoms with Crippen molar-refractivity contribution in [3.8, 4) is 11.1 Å². The maximum atomic E-state index is 13.4. The second-order valence-corrected chi connectivity index (χ2v) is 8.06. The number of hydrogen-bond donors (Lipinski definition) is 2. The number of benzene rings is 2. The van der Waals surface area contributed by atoms with Crippen molar-refractivity contribution < 1.29 is 22.7 Å². The molecule has 0 aliphatic heterocycles. The van der Waals surface area contributed by atoms with Crippen LogP contribution in [0.3, 0.4) is 0 Å². The van der Waals surface area contributed by atoms with Gasteiger partial charge in [0.1, 0.15) is 5.82 Å². The standard InChI is InChI=1S/C17H18FNO4S/c1-17(2,3)19-24(22,23)13-7-4-11(5-8-13)12-6-9-15(18)14(10-12)16(20)21/h4-10,19H,1-3H3,(H,20,21). The van der Waals surface area contributed by atoms with Crippen LogP contribution in [-0.4, -0.2) is 25.0 Å². The lowest BCUT2D eigenvalue weighted by Gasteiger charge is -2.20. The SMILES string of the molecule is CC(C)(C)NS(=O)(=O)c1ccc(-c2ccc(F)c(C(=O)O)c2)cc1. The molecule has 128 valence electrons. The molecule has 2 N–H and O–H groups in total. The molecule has 0 heterocycles. The molecule has 0 aliphatic rings. The highest BCUT2D eigenvalue weighted by molar-refractivity contribution is 7.89. The number of nitrogens with one attached hydrogen (secondary N) is 1. The Bertz CT molecular complexity index is 868. The number of sulfonamides is 1. The Morgan fingerprint density at radius 2 is 1.58 bits per heavy atom. The van der Waals surface area contributed by atoms with Gasteiger partial charge in [-0.05, 0) is 56.2 Å². The van der Waals surface area contributed by atoms with Crippen molar-refractivity contribution in [1.82, 2.24) is 4.72 Å². The summed E-state index contributed by atoms with van der Waals surface area (Å²) in [5.74, 6) is -2.18. The first-order valence-electron chi connectivity index (χ1n) is 7.17. The van der Waals surface area contributed by atoms with Gasteiger partial charge in [-0.15, -0.1) is 0 Å². The number of aromatic carboxylic acids is 1. The van der Waals surface area contributed by atoms with E-state index < -0.39 is 32.9 Å². The van der Waals surface area contributed by atoms with Crippen molar-refractivity contribution in [2.24, 2.45) is 0 Å². The molecule has 0 saturated carbocycles. The zero-order valence-electron chi connectivity index (χ0n) is 13.5. The second kappa shape index (κ2) is 6.33. The fourth-order valence-corrected chi connectivity index (χ4v) is 3.58. The smallest absolute Gasteiger partial charge is 0.338 e. The quantitative estimate of drug-likeness (QED) is 0.885. The lowest BCUT2D eigenvalue weighted by Crippen LogP contribution is -2.40. The Labute approximate surface area is 140 Å². The molecule has 0 atom stereocenters. The first-order valence-corrected chi connectivity index (χ1v) is 8.65. The van der Waals surface area contributed by atoms with Crippen molar-refractivity contribution in [1.29, 1.82) is 0 Å². The Hall–Kier alpha value is -2.25. The van der Waals surface area contributed by atoms with Gasteiger partial charge in [0.25, 0.3) is 0 Å². The van der Waals surface area contributed by atoms with Gasteiger partial charge in [-0.3, -0.25) is 0 Å². The summed E-state index contributed by atoms with van der Waals surface area (Å²) in [5, 5.41) is 8.97. The summed E-state index contributed by atoms with van der Waals surface area (Å²) >= 11 is 0. The molecule has 0 amide bonds. The van der Waals surface area contributed by atoms with Gasteiger partial charge in [-0.1, -0.05) is 18.2 Å². The largest absolute Gasteiger partial charge is 0.478 e. The molecule has 0 aliphatic carbocycles. The van der Waals surface area contributed by atoms with Gasteiger partial charge >= 0.3 is 5.97 Å². The van der Waals surface area contributed by atoms with Crippen LogP contribution >= 0.6 is 0 Å². The minimum atomic E-state index is -3.65.